The molecule has 7 heteroatoms. The zero-order valence-corrected chi connectivity index (χ0v) is 9.59. The Kier molecular flexibility index (Phi) is 3.40. The van der Waals surface area contributed by atoms with E-state index < -0.39 is 19.0 Å². The predicted molar refractivity (Wildman–Crippen MR) is 58.8 cm³/mol. The van der Waals surface area contributed by atoms with E-state index in [1.807, 2.05) is 0 Å². The summed E-state index contributed by atoms with van der Waals surface area (Å²) in [7, 11) is 1.65. The molecule has 0 aliphatic rings. The Labute approximate surface area is 102 Å². The molecule has 0 saturated carbocycles. The molecule has 96 valence electrons. The fraction of sp³-hybridized carbons (Fsp3) is 0.273. The van der Waals surface area contributed by atoms with Crippen molar-refractivity contribution in [3.05, 3.63) is 36.3 Å². The minimum atomic E-state index is -2.68. The van der Waals surface area contributed by atoms with Crippen molar-refractivity contribution in [1.29, 1.82) is 0 Å². The number of carbonyl (C=O) groups is 1. The van der Waals surface area contributed by atoms with E-state index in [-0.39, 0.29) is 5.56 Å². The van der Waals surface area contributed by atoms with Crippen molar-refractivity contribution in [1.82, 2.24) is 14.3 Å². The topological polar surface area (TPSA) is 49.1 Å². The molecule has 0 unspecified atom stereocenters. The first-order valence-corrected chi connectivity index (χ1v) is 5.20. The molecule has 0 aliphatic carbocycles. The van der Waals surface area contributed by atoms with Crippen LogP contribution in [0.2, 0.25) is 0 Å². The fourth-order valence-electron chi connectivity index (χ4n) is 1.57. The van der Waals surface area contributed by atoms with Gasteiger partial charge in [0.1, 0.15) is 11.4 Å². The molecule has 0 spiro atoms. The first kappa shape index (κ1) is 12.3. The van der Waals surface area contributed by atoms with E-state index in [9.17, 15) is 13.6 Å². The second-order valence-corrected chi connectivity index (χ2v) is 3.59. The van der Waals surface area contributed by atoms with Crippen LogP contribution in [-0.4, -0.2) is 33.3 Å². The largest absolute Gasteiger partial charge is 0.456 e. The Morgan fingerprint density at radius 1 is 1.44 bits per heavy atom. The zero-order valence-electron chi connectivity index (χ0n) is 9.59. The number of alkyl halides is 2. The molecule has 2 heterocycles. The lowest BCUT2D eigenvalue weighted by Gasteiger charge is -2.07. The number of rotatable bonds is 4. The van der Waals surface area contributed by atoms with Crippen molar-refractivity contribution < 1.29 is 18.3 Å². The van der Waals surface area contributed by atoms with Crippen LogP contribution >= 0.6 is 0 Å². The van der Waals surface area contributed by atoms with Gasteiger partial charge < -0.3 is 9.30 Å². The highest BCUT2D eigenvalue weighted by Gasteiger charge is 2.19. The molecular weight excluding hydrogens is 244 g/mol. The lowest BCUT2D eigenvalue weighted by molar-refractivity contribution is 0.0160. The number of halogens is 2. The van der Waals surface area contributed by atoms with Crippen molar-refractivity contribution in [2.24, 2.45) is 7.05 Å². The molecule has 2 aromatic rings. The van der Waals surface area contributed by atoms with Gasteiger partial charge in [-0.05, 0) is 12.1 Å². The van der Waals surface area contributed by atoms with Crippen LogP contribution in [0.15, 0.2) is 30.7 Å². The van der Waals surface area contributed by atoms with Gasteiger partial charge >= 0.3 is 5.97 Å². The first-order chi connectivity index (χ1) is 8.59. The Bertz CT molecular complexity index is 534. The number of ether oxygens (including phenoxy) is 1. The molecular formula is C11H11F2N3O2. The highest BCUT2D eigenvalue weighted by molar-refractivity contribution is 5.92. The van der Waals surface area contributed by atoms with Gasteiger partial charge in [0.25, 0.3) is 6.43 Å². The van der Waals surface area contributed by atoms with Gasteiger partial charge in [-0.15, -0.1) is 0 Å². The van der Waals surface area contributed by atoms with Crippen molar-refractivity contribution >= 4 is 5.97 Å². The Balaban J connectivity index is 2.27. The zero-order chi connectivity index (χ0) is 13.1. The number of esters is 1. The third kappa shape index (κ3) is 2.39. The Morgan fingerprint density at radius 3 is 2.72 bits per heavy atom. The van der Waals surface area contributed by atoms with Gasteiger partial charge in [0.15, 0.2) is 6.61 Å². The predicted octanol–water partition coefficient (Wildman–Crippen LogP) is 1.63. The molecule has 0 saturated heterocycles. The third-order valence-corrected chi connectivity index (χ3v) is 2.32. The highest BCUT2D eigenvalue weighted by Crippen LogP contribution is 2.15. The Hall–Kier alpha value is -2.18. The molecule has 0 atom stereocenters. The van der Waals surface area contributed by atoms with Gasteiger partial charge in [0, 0.05) is 19.4 Å². The van der Waals surface area contributed by atoms with Gasteiger partial charge in [-0.25, -0.2) is 13.6 Å². The van der Waals surface area contributed by atoms with Crippen LogP contribution in [0.3, 0.4) is 0 Å². The maximum atomic E-state index is 12.0. The SMILES string of the molecule is Cn1ncc(C(=O)OCC(F)F)c1-n1cccc1. The van der Waals surface area contributed by atoms with E-state index in [0.717, 1.165) is 0 Å². The first-order valence-electron chi connectivity index (χ1n) is 5.20. The average molecular weight is 255 g/mol. The van der Waals surface area contributed by atoms with Crippen LogP contribution in [0.4, 0.5) is 8.78 Å². The molecule has 0 amide bonds. The van der Waals surface area contributed by atoms with Crippen molar-refractivity contribution in [2.75, 3.05) is 6.61 Å². The summed E-state index contributed by atoms with van der Waals surface area (Å²) < 4.78 is 31.6. The standard InChI is InChI=1S/C11H11F2N3O2/c1-15-10(16-4-2-3-5-16)8(6-14-15)11(17)18-7-9(12)13/h2-6,9H,7H2,1H3. The summed E-state index contributed by atoms with van der Waals surface area (Å²) in [6.07, 6.45) is 2.06. The number of aromatic nitrogens is 3. The van der Waals surface area contributed by atoms with E-state index >= 15 is 0 Å². The molecule has 0 aliphatic heterocycles. The van der Waals surface area contributed by atoms with Crippen molar-refractivity contribution in [3.8, 4) is 5.82 Å². The summed E-state index contributed by atoms with van der Waals surface area (Å²) in [6.45, 7) is -0.918. The van der Waals surface area contributed by atoms with E-state index in [2.05, 4.69) is 9.84 Å². The van der Waals surface area contributed by atoms with Crippen LogP contribution in [0, 0.1) is 0 Å². The van der Waals surface area contributed by atoms with E-state index in [1.165, 1.54) is 10.9 Å². The fourth-order valence-corrected chi connectivity index (χ4v) is 1.57. The molecule has 0 N–H and O–H groups in total. The number of hydrogen-bond donors (Lipinski definition) is 0. The molecule has 0 bridgehead atoms. The molecule has 2 rings (SSSR count). The lowest BCUT2D eigenvalue weighted by atomic mass is 10.3. The van der Waals surface area contributed by atoms with Gasteiger partial charge in [0.05, 0.1) is 6.20 Å². The van der Waals surface area contributed by atoms with Crippen LogP contribution in [0.1, 0.15) is 10.4 Å². The van der Waals surface area contributed by atoms with Gasteiger partial charge in [0.2, 0.25) is 0 Å². The van der Waals surface area contributed by atoms with Gasteiger partial charge in [-0.2, -0.15) is 5.10 Å². The van der Waals surface area contributed by atoms with Gasteiger partial charge in [-0.3, -0.25) is 4.68 Å². The summed E-state index contributed by atoms with van der Waals surface area (Å²) in [5, 5.41) is 3.93. The van der Waals surface area contributed by atoms with E-state index in [1.54, 1.807) is 36.1 Å². The molecule has 0 fully saturated rings. The molecule has 0 radical (unpaired) electrons. The number of nitrogens with zero attached hydrogens (tertiary/aromatic N) is 3. The normalized spacial score (nSPS) is 10.9. The second kappa shape index (κ2) is 4.99. The minimum Gasteiger partial charge on any atom is -0.456 e. The van der Waals surface area contributed by atoms with Crippen molar-refractivity contribution in [2.45, 2.75) is 6.43 Å². The molecule has 2 aromatic heterocycles. The van der Waals surface area contributed by atoms with E-state index in [0.29, 0.717) is 5.82 Å². The second-order valence-electron chi connectivity index (χ2n) is 3.59. The third-order valence-electron chi connectivity index (χ3n) is 2.32. The number of aryl methyl sites for hydroxylation is 1. The summed E-state index contributed by atoms with van der Waals surface area (Å²) in [5.41, 5.74) is 0.148. The summed E-state index contributed by atoms with van der Waals surface area (Å²) in [5.74, 6) is -0.341. The van der Waals surface area contributed by atoms with Crippen LogP contribution in [-0.2, 0) is 11.8 Å². The van der Waals surface area contributed by atoms with Gasteiger partial charge in [-0.1, -0.05) is 0 Å². The minimum absolute atomic E-state index is 0.148. The van der Waals surface area contributed by atoms with Crippen LogP contribution in [0.25, 0.3) is 5.82 Å². The summed E-state index contributed by atoms with van der Waals surface area (Å²) in [4.78, 5) is 11.7. The maximum absolute atomic E-state index is 12.0. The lowest BCUT2D eigenvalue weighted by Crippen LogP contribution is -2.14. The Morgan fingerprint density at radius 2 is 2.11 bits per heavy atom. The van der Waals surface area contributed by atoms with E-state index in [4.69, 9.17) is 0 Å². The monoisotopic (exact) mass is 255 g/mol. The molecule has 5 nitrogen and oxygen atoms in total. The quantitative estimate of drug-likeness (QED) is 0.780. The number of hydrogen-bond acceptors (Lipinski definition) is 3. The molecule has 18 heavy (non-hydrogen) atoms. The molecule has 0 aromatic carbocycles. The summed E-state index contributed by atoms with van der Waals surface area (Å²) >= 11 is 0. The smallest absolute Gasteiger partial charge is 0.343 e. The number of carbonyl (C=O) groups excluding carboxylic acids is 1. The highest BCUT2D eigenvalue weighted by atomic mass is 19.3. The van der Waals surface area contributed by atoms with Crippen molar-refractivity contribution in [3.63, 3.8) is 0 Å². The van der Waals surface area contributed by atoms with Crippen LogP contribution in [0.5, 0.6) is 0 Å². The van der Waals surface area contributed by atoms with Crippen LogP contribution < -0.4 is 0 Å². The average Bonchev–Trinajstić information content (AvgIpc) is 2.94. The summed E-state index contributed by atoms with van der Waals surface area (Å²) in [6, 6.07) is 3.56. The maximum Gasteiger partial charge on any atom is 0.343 e.